The van der Waals surface area contributed by atoms with Gasteiger partial charge in [-0.2, -0.15) is 0 Å². The van der Waals surface area contributed by atoms with E-state index in [9.17, 15) is 9.00 Å². The number of carbonyl (C=O) groups excluding carboxylic acids is 1. The van der Waals surface area contributed by atoms with E-state index in [4.69, 9.17) is 0 Å². The maximum absolute atomic E-state index is 10.1. The summed E-state index contributed by atoms with van der Waals surface area (Å²) < 4.78 is 17.2. The van der Waals surface area contributed by atoms with Crippen LogP contribution in [0.1, 0.15) is 6.92 Å². The summed E-state index contributed by atoms with van der Waals surface area (Å²) in [5.41, 5.74) is 0. The van der Waals surface area contributed by atoms with Crippen molar-refractivity contribution in [3.63, 3.8) is 0 Å². The van der Waals surface area contributed by atoms with Crippen molar-refractivity contribution in [2.24, 2.45) is 4.40 Å². The molecule has 0 amide bonds. The van der Waals surface area contributed by atoms with E-state index in [1.807, 2.05) is 0 Å². The van der Waals surface area contributed by atoms with Gasteiger partial charge in [-0.05, 0) is 6.92 Å². The summed E-state index contributed by atoms with van der Waals surface area (Å²) in [6, 6.07) is 0. The Kier molecular flexibility index (Phi) is 4.35. The van der Waals surface area contributed by atoms with Crippen molar-refractivity contribution in [1.82, 2.24) is 0 Å². The highest BCUT2D eigenvalue weighted by Gasteiger charge is 1.89. The minimum Gasteiger partial charge on any atom is -0.272 e. The number of isocyanates is 1. The molecule has 0 radical (unpaired) electrons. The number of nitrogens with zero attached hydrogens (tertiary/aromatic N) is 1. The molecule has 46 valence electrons. The third-order valence-electron chi connectivity index (χ3n) is 0.330. The molecule has 0 bridgehead atoms. The summed E-state index contributed by atoms with van der Waals surface area (Å²) in [5, 5.41) is 0. The van der Waals surface area contributed by atoms with E-state index < -0.39 is 11.3 Å². The van der Waals surface area contributed by atoms with E-state index in [1.165, 1.54) is 0 Å². The van der Waals surface area contributed by atoms with Crippen LogP contribution in [0.5, 0.6) is 0 Å². The molecule has 4 nitrogen and oxygen atoms in total. The number of hydrogen-bond acceptors (Lipinski definition) is 3. The second-order valence-electron chi connectivity index (χ2n) is 0.806. The fourth-order valence-electron chi connectivity index (χ4n) is 0.158. The lowest BCUT2D eigenvalue weighted by molar-refractivity contribution is 0.372. The van der Waals surface area contributed by atoms with E-state index in [2.05, 4.69) is 8.58 Å². The molecule has 1 atom stereocenters. The van der Waals surface area contributed by atoms with Gasteiger partial charge in [-0.3, -0.25) is 4.18 Å². The Morgan fingerprint density at radius 2 is 2.50 bits per heavy atom. The van der Waals surface area contributed by atoms with Crippen LogP contribution in [0.4, 0.5) is 0 Å². The first-order chi connectivity index (χ1) is 3.81. The highest BCUT2D eigenvalue weighted by Crippen LogP contribution is 1.82. The lowest BCUT2D eigenvalue weighted by Crippen LogP contribution is -1.90. The van der Waals surface area contributed by atoms with Crippen molar-refractivity contribution < 1.29 is 13.2 Å². The molecule has 0 N–H and O–H groups in total. The summed E-state index contributed by atoms with van der Waals surface area (Å²) in [6.45, 7) is 1.93. The molecular formula is C3H5NO3S. The Morgan fingerprint density at radius 3 is 2.88 bits per heavy atom. The standard InChI is InChI=1S/C3H5NO3S/c1-2-7-8(6)4-3-5/h2H2,1H3. The second-order valence-corrected chi connectivity index (χ2v) is 1.66. The molecule has 0 aromatic carbocycles. The first kappa shape index (κ1) is 7.49. The number of hydrogen-bond donors (Lipinski definition) is 0. The molecule has 0 rings (SSSR count). The molecule has 0 aromatic heterocycles. The Morgan fingerprint density at radius 1 is 1.88 bits per heavy atom. The Bertz CT molecular complexity index is 128. The van der Waals surface area contributed by atoms with Gasteiger partial charge in [0.2, 0.25) is 0 Å². The maximum atomic E-state index is 10.1. The SMILES string of the molecule is CCOS(=O)N=C=O. The monoisotopic (exact) mass is 135 g/mol. The average Bonchev–Trinajstić information content (AvgIpc) is 1.68. The van der Waals surface area contributed by atoms with Crippen LogP contribution < -0.4 is 0 Å². The van der Waals surface area contributed by atoms with Crippen LogP contribution in [0, 0.1) is 0 Å². The summed E-state index contributed by atoms with van der Waals surface area (Å²) >= 11 is -1.82. The smallest absolute Gasteiger partial charge is 0.272 e. The van der Waals surface area contributed by atoms with Crippen LogP contribution in [0.2, 0.25) is 0 Å². The van der Waals surface area contributed by atoms with Gasteiger partial charge in [0.05, 0.1) is 6.61 Å². The van der Waals surface area contributed by atoms with Crippen molar-refractivity contribution in [3.8, 4) is 0 Å². The van der Waals surface area contributed by atoms with Gasteiger partial charge < -0.3 is 0 Å². The largest absolute Gasteiger partial charge is 0.295 e. The second kappa shape index (κ2) is 4.64. The molecule has 0 aliphatic heterocycles. The van der Waals surface area contributed by atoms with Crippen LogP contribution >= 0.6 is 0 Å². The van der Waals surface area contributed by atoms with Crippen LogP contribution in [0.3, 0.4) is 0 Å². The normalized spacial score (nSPS) is 12.1. The minimum atomic E-state index is -1.82. The minimum absolute atomic E-state index is 0.276. The molecule has 0 aromatic rings. The van der Waals surface area contributed by atoms with E-state index in [0.717, 1.165) is 6.08 Å². The lowest BCUT2D eigenvalue weighted by atomic mass is 10.9. The van der Waals surface area contributed by atoms with Gasteiger partial charge in [0.15, 0.2) is 0 Å². The first-order valence-electron chi connectivity index (χ1n) is 1.94. The highest BCUT2D eigenvalue weighted by atomic mass is 32.2. The third-order valence-corrected chi connectivity index (χ3v) is 0.991. The third kappa shape index (κ3) is 3.67. The first-order valence-corrected chi connectivity index (χ1v) is 2.97. The zero-order valence-electron chi connectivity index (χ0n) is 4.29. The van der Waals surface area contributed by atoms with Gasteiger partial charge in [-0.1, -0.05) is 4.40 Å². The Hall–Kier alpha value is -0.510. The van der Waals surface area contributed by atoms with Crippen molar-refractivity contribution in [2.45, 2.75) is 6.92 Å². The van der Waals surface area contributed by atoms with E-state index in [1.54, 1.807) is 6.92 Å². The molecule has 0 saturated carbocycles. The zero-order valence-corrected chi connectivity index (χ0v) is 5.10. The van der Waals surface area contributed by atoms with Crippen LogP contribution in [-0.4, -0.2) is 16.9 Å². The topological polar surface area (TPSA) is 55.7 Å². The molecule has 8 heavy (non-hydrogen) atoms. The van der Waals surface area contributed by atoms with Gasteiger partial charge in [0, 0.05) is 0 Å². The predicted molar refractivity (Wildman–Crippen MR) is 27.9 cm³/mol. The number of rotatable bonds is 3. The molecule has 0 heterocycles. The quantitative estimate of drug-likeness (QED) is 0.402. The Labute approximate surface area is 49.4 Å². The molecule has 5 heteroatoms. The van der Waals surface area contributed by atoms with E-state index >= 15 is 0 Å². The summed E-state index contributed by atoms with van der Waals surface area (Å²) in [4.78, 5) is 9.33. The van der Waals surface area contributed by atoms with Gasteiger partial charge in [0.1, 0.15) is 0 Å². The fraction of sp³-hybridized carbons (Fsp3) is 0.667. The summed E-state index contributed by atoms with van der Waals surface area (Å²) in [6.07, 6.45) is 1.10. The lowest BCUT2D eigenvalue weighted by Gasteiger charge is -1.85. The molecule has 0 spiro atoms. The van der Waals surface area contributed by atoms with Crippen molar-refractivity contribution >= 4 is 17.3 Å². The van der Waals surface area contributed by atoms with Crippen LogP contribution in [0.25, 0.3) is 0 Å². The molecule has 0 saturated heterocycles. The van der Waals surface area contributed by atoms with Crippen molar-refractivity contribution in [1.29, 1.82) is 0 Å². The van der Waals surface area contributed by atoms with Crippen LogP contribution in [-0.2, 0) is 20.2 Å². The Balaban J connectivity index is 3.49. The average molecular weight is 135 g/mol. The van der Waals surface area contributed by atoms with Crippen molar-refractivity contribution in [2.75, 3.05) is 6.61 Å². The van der Waals surface area contributed by atoms with E-state index in [0.29, 0.717) is 0 Å². The van der Waals surface area contributed by atoms with Crippen molar-refractivity contribution in [3.05, 3.63) is 0 Å². The predicted octanol–water partition coefficient (Wildman–Crippen LogP) is -0.0626. The van der Waals surface area contributed by atoms with Gasteiger partial charge in [0.25, 0.3) is 17.3 Å². The van der Waals surface area contributed by atoms with E-state index in [-0.39, 0.29) is 6.61 Å². The van der Waals surface area contributed by atoms with Gasteiger partial charge in [-0.25, -0.2) is 9.00 Å². The van der Waals surface area contributed by atoms with Gasteiger partial charge >= 0.3 is 0 Å². The molecule has 0 fully saturated rings. The summed E-state index contributed by atoms with van der Waals surface area (Å²) in [5.74, 6) is 0. The summed E-state index contributed by atoms with van der Waals surface area (Å²) in [7, 11) is 0. The molecule has 0 aliphatic carbocycles. The van der Waals surface area contributed by atoms with Gasteiger partial charge in [-0.15, -0.1) is 0 Å². The fourth-order valence-corrected chi connectivity index (χ4v) is 0.473. The molecule has 0 aliphatic rings. The zero-order chi connectivity index (χ0) is 6.41. The maximum Gasteiger partial charge on any atom is 0.295 e. The molecule has 1 unspecified atom stereocenters. The molecular weight excluding hydrogens is 130 g/mol. The van der Waals surface area contributed by atoms with Crippen LogP contribution in [0.15, 0.2) is 4.40 Å². The highest BCUT2D eigenvalue weighted by molar-refractivity contribution is 7.78.